The quantitative estimate of drug-likeness (QED) is 0.410. The number of anilines is 2. The van der Waals surface area contributed by atoms with Crippen LogP contribution >= 0.6 is 0 Å². The number of ether oxygens (including phenoxy) is 1. The van der Waals surface area contributed by atoms with Crippen molar-refractivity contribution >= 4 is 29.2 Å². The predicted octanol–water partition coefficient (Wildman–Crippen LogP) is 5.02. The van der Waals surface area contributed by atoms with Crippen LogP contribution < -0.4 is 20.3 Å². The molecule has 2 N–H and O–H groups in total. The molecule has 0 aliphatic rings. The highest BCUT2D eigenvalue weighted by Crippen LogP contribution is 2.32. The fourth-order valence-corrected chi connectivity index (χ4v) is 4.14. The summed E-state index contributed by atoms with van der Waals surface area (Å²) in [7, 11) is 1.57. The van der Waals surface area contributed by atoms with Gasteiger partial charge in [-0.2, -0.15) is 0 Å². The van der Waals surface area contributed by atoms with Gasteiger partial charge in [-0.05, 0) is 82.5 Å². The average molecular weight is 521 g/mol. The van der Waals surface area contributed by atoms with E-state index in [1.807, 2.05) is 52.8 Å². The van der Waals surface area contributed by atoms with Gasteiger partial charge >= 0.3 is 0 Å². The number of aromatic nitrogens is 1. The first-order chi connectivity index (χ1) is 17.9. The van der Waals surface area contributed by atoms with E-state index >= 15 is 0 Å². The molecule has 0 saturated heterocycles. The van der Waals surface area contributed by atoms with Gasteiger partial charge in [0.25, 0.3) is 0 Å². The molecule has 9 heteroatoms. The lowest BCUT2D eigenvalue weighted by Crippen LogP contribution is -2.49. The van der Waals surface area contributed by atoms with E-state index < -0.39 is 11.6 Å². The predicted molar refractivity (Wildman–Crippen MR) is 146 cm³/mol. The Morgan fingerprint density at radius 1 is 0.974 bits per heavy atom. The Hall–Kier alpha value is -4.14. The minimum atomic E-state index is -0.977. The minimum Gasteiger partial charge on any atom is -0.497 e. The van der Waals surface area contributed by atoms with Crippen molar-refractivity contribution in [3.8, 4) is 5.75 Å². The lowest BCUT2D eigenvalue weighted by Gasteiger charge is -2.34. The zero-order valence-corrected chi connectivity index (χ0v) is 23.0. The zero-order chi connectivity index (χ0) is 28.0. The maximum Gasteiger partial charge on any atom is 0.248 e. The average Bonchev–Trinajstić information content (AvgIpc) is 3.23. The van der Waals surface area contributed by atoms with Crippen LogP contribution in [-0.2, 0) is 14.4 Å². The number of rotatable bonds is 9. The molecule has 0 bridgehead atoms. The van der Waals surface area contributed by atoms with Crippen molar-refractivity contribution in [3.63, 3.8) is 0 Å². The first kappa shape index (κ1) is 28.4. The van der Waals surface area contributed by atoms with Gasteiger partial charge in [-0.25, -0.2) is 0 Å². The van der Waals surface area contributed by atoms with Crippen LogP contribution in [0.1, 0.15) is 62.1 Å². The van der Waals surface area contributed by atoms with Crippen molar-refractivity contribution in [2.45, 2.75) is 66.0 Å². The summed E-state index contributed by atoms with van der Waals surface area (Å²) in [5.74, 6) is 0.389. The van der Waals surface area contributed by atoms with Crippen LogP contribution in [0.5, 0.6) is 5.75 Å². The van der Waals surface area contributed by atoms with E-state index in [1.54, 1.807) is 44.4 Å². The molecule has 3 rings (SSSR count). The Labute approximate surface area is 223 Å². The molecular weight excluding hydrogens is 484 g/mol. The van der Waals surface area contributed by atoms with E-state index in [4.69, 9.17) is 9.26 Å². The van der Waals surface area contributed by atoms with Gasteiger partial charge in [0.15, 0.2) is 5.82 Å². The molecule has 9 nitrogen and oxygen atoms in total. The fourth-order valence-electron chi connectivity index (χ4n) is 4.14. The molecule has 1 heterocycles. The number of carbonyl (C=O) groups excluding carboxylic acids is 3. The van der Waals surface area contributed by atoms with E-state index in [0.717, 1.165) is 11.1 Å². The van der Waals surface area contributed by atoms with Gasteiger partial charge in [0.1, 0.15) is 17.6 Å². The summed E-state index contributed by atoms with van der Waals surface area (Å²) in [6, 6.07) is 13.4. The molecule has 1 atom stereocenters. The highest BCUT2D eigenvalue weighted by Gasteiger charge is 2.34. The second kappa shape index (κ2) is 11.9. The number of benzene rings is 2. The number of aryl methyl sites for hydroxylation is 3. The summed E-state index contributed by atoms with van der Waals surface area (Å²) in [6.07, 6.45) is -0.215. The van der Waals surface area contributed by atoms with Gasteiger partial charge in [0, 0.05) is 30.1 Å². The third-order valence-electron chi connectivity index (χ3n) is 5.65. The van der Waals surface area contributed by atoms with Crippen LogP contribution in [0.2, 0.25) is 0 Å². The Balaban J connectivity index is 2.00. The van der Waals surface area contributed by atoms with Crippen molar-refractivity contribution in [2.75, 3.05) is 17.3 Å². The summed E-state index contributed by atoms with van der Waals surface area (Å²) in [6.45, 7) is 11.2. The Kier molecular flexibility index (Phi) is 8.93. The summed E-state index contributed by atoms with van der Waals surface area (Å²) >= 11 is 0. The topological polar surface area (TPSA) is 114 Å². The van der Waals surface area contributed by atoms with Gasteiger partial charge in [-0.3, -0.25) is 19.3 Å². The minimum absolute atomic E-state index is 0.0950. The van der Waals surface area contributed by atoms with Gasteiger partial charge < -0.3 is 19.9 Å². The number of hydrogen-bond acceptors (Lipinski definition) is 6. The number of methoxy groups -OCH3 is 1. The van der Waals surface area contributed by atoms with Crippen molar-refractivity contribution in [3.05, 3.63) is 71.0 Å². The second-order valence-corrected chi connectivity index (χ2v) is 10.4. The van der Waals surface area contributed by atoms with Crippen molar-refractivity contribution in [2.24, 2.45) is 0 Å². The molecule has 0 unspecified atom stereocenters. The highest BCUT2D eigenvalue weighted by molar-refractivity contribution is 6.03. The lowest BCUT2D eigenvalue weighted by atomic mass is 9.99. The molecule has 0 aliphatic carbocycles. The number of amides is 3. The first-order valence-electron chi connectivity index (χ1n) is 12.5. The van der Waals surface area contributed by atoms with Gasteiger partial charge in [0.05, 0.1) is 7.11 Å². The van der Waals surface area contributed by atoms with Crippen molar-refractivity contribution in [1.29, 1.82) is 0 Å². The largest absolute Gasteiger partial charge is 0.497 e. The van der Waals surface area contributed by atoms with Crippen molar-refractivity contribution in [1.82, 2.24) is 10.5 Å². The van der Waals surface area contributed by atoms with Gasteiger partial charge in [-0.15, -0.1) is 0 Å². The zero-order valence-electron chi connectivity index (χ0n) is 23.0. The van der Waals surface area contributed by atoms with E-state index in [0.29, 0.717) is 22.8 Å². The van der Waals surface area contributed by atoms with Crippen LogP contribution in [0.15, 0.2) is 53.1 Å². The fraction of sp³-hybridized carbons (Fsp3) is 0.379. The van der Waals surface area contributed by atoms with Crippen molar-refractivity contribution < 1.29 is 23.6 Å². The van der Waals surface area contributed by atoms with Crippen LogP contribution in [0.3, 0.4) is 0 Å². The molecule has 202 valence electrons. The van der Waals surface area contributed by atoms with E-state index in [2.05, 4.69) is 15.8 Å². The van der Waals surface area contributed by atoms with E-state index in [9.17, 15) is 14.4 Å². The lowest BCUT2D eigenvalue weighted by molar-refractivity contribution is -0.128. The van der Waals surface area contributed by atoms with Crippen LogP contribution in [0.4, 0.5) is 11.5 Å². The number of hydrogen-bond donors (Lipinski definition) is 2. The molecule has 0 fully saturated rings. The molecule has 0 aliphatic heterocycles. The van der Waals surface area contributed by atoms with Crippen LogP contribution in [0, 0.1) is 20.8 Å². The molecular formula is C29H36N4O5. The summed E-state index contributed by atoms with van der Waals surface area (Å²) in [4.78, 5) is 41.6. The molecule has 0 spiro atoms. The summed E-state index contributed by atoms with van der Waals surface area (Å²) in [5.41, 5.74) is 2.55. The highest BCUT2D eigenvalue weighted by atomic mass is 16.5. The van der Waals surface area contributed by atoms with Crippen LogP contribution in [0.25, 0.3) is 0 Å². The van der Waals surface area contributed by atoms with Gasteiger partial charge in [0.2, 0.25) is 17.7 Å². The van der Waals surface area contributed by atoms with E-state index in [-0.39, 0.29) is 36.4 Å². The Morgan fingerprint density at radius 2 is 1.61 bits per heavy atom. The molecule has 3 aromatic rings. The number of carbonyl (C=O) groups is 3. The summed E-state index contributed by atoms with van der Waals surface area (Å²) < 4.78 is 10.3. The Bertz CT molecular complexity index is 1270. The number of nitrogens with one attached hydrogen (secondary N) is 2. The SMILES string of the molecule is COc1ccc([C@H](C(=O)NC(C)(C)C)N(C(=O)CCC(=O)Nc2cc(C)on2)c2cc(C)cc(C)c2)cc1. The maximum absolute atomic E-state index is 13.8. The third-order valence-corrected chi connectivity index (χ3v) is 5.65. The standard InChI is InChI=1S/C29H36N4O5/c1-18-14-19(2)16-22(15-18)33(26(35)13-12-25(34)30-24-17-20(3)38-32-24)27(28(36)31-29(4,5)6)21-8-10-23(37-7)11-9-21/h8-11,14-17,27H,12-13H2,1-7H3,(H,31,36)(H,30,32,34)/t27-/m1/s1. The van der Waals surface area contributed by atoms with Gasteiger partial charge in [-0.1, -0.05) is 23.4 Å². The third kappa shape index (κ3) is 7.68. The number of nitrogens with zero attached hydrogens (tertiary/aromatic N) is 2. The molecule has 0 saturated carbocycles. The maximum atomic E-state index is 13.8. The molecule has 3 amide bonds. The van der Waals surface area contributed by atoms with Crippen LogP contribution in [-0.4, -0.2) is 35.5 Å². The summed E-state index contributed by atoms with van der Waals surface area (Å²) in [5, 5.41) is 9.41. The molecule has 2 aromatic carbocycles. The van der Waals surface area contributed by atoms with E-state index in [1.165, 1.54) is 4.90 Å². The molecule has 0 radical (unpaired) electrons. The molecule has 38 heavy (non-hydrogen) atoms. The molecule has 1 aromatic heterocycles. The smallest absolute Gasteiger partial charge is 0.248 e. The monoisotopic (exact) mass is 520 g/mol. The normalized spacial score (nSPS) is 12.0. The second-order valence-electron chi connectivity index (χ2n) is 10.4. The Morgan fingerprint density at radius 3 is 2.13 bits per heavy atom. The first-order valence-corrected chi connectivity index (χ1v) is 12.5.